The molecule has 102 valence electrons. The first-order valence-corrected chi connectivity index (χ1v) is 6.43. The highest BCUT2D eigenvalue weighted by Crippen LogP contribution is 2.18. The zero-order chi connectivity index (χ0) is 14.4. The lowest BCUT2D eigenvalue weighted by atomic mass is 10.1. The van der Waals surface area contributed by atoms with E-state index < -0.39 is 0 Å². The molecule has 0 aliphatic carbocycles. The molecule has 1 aromatic carbocycles. The van der Waals surface area contributed by atoms with Gasteiger partial charge in [-0.1, -0.05) is 11.8 Å². The normalized spacial score (nSPS) is 9.75. The monoisotopic (exact) mass is 267 g/mol. The van der Waals surface area contributed by atoms with Crippen LogP contribution in [0.4, 0.5) is 0 Å². The molecule has 0 saturated carbocycles. The Bertz CT molecular complexity index is 654. The number of nitrogens with zero attached hydrogens (tertiary/aromatic N) is 1. The second-order valence-corrected chi connectivity index (χ2v) is 4.60. The largest absolute Gasteiger partial charge is 0.489 e. The Morgan fingerprint density at radius 3 is 2.75 bits per heavy atom. The zero-order valence-corrected chi connectivity index (χ0v) is 11.7. The molecule has 1 N–H and O–H groups in total. The first-order valence-electron chi connectivity index (χ1n) is 6.43. The number of aliphatic hydroxyl groups is 1. The van der Waals surface area contributed by atoms with Crippen molar-refractivity contribution in [2.24, 2.45) is 0 Å². The van der Waals surface area contributed by atoms with Gasteiger partial charge in [-0.05, 0) is 49.2 Å². The molecule has 0 saturated heterocycles. The number of pyridine rings is 1. The summed E-state index contributed by atoms with van der Waals surface area (Å²) in [6, 6.07) is 7.80. The molecule has 20 heavy (non-hydrogen) atoms. The number of aryl methyl sites for hydroxylation is 2. The molecule has 0 radical (unpaired) electrons. The van der Waals surface area contributed by atoms with Crippen LogP contribution in [0.15, 0.2) is 36.7 Å². The minimum Gasteiger partial charge on any atom is -0.489 e. The van der Waals surface area contributed by atoms with Gasteiger partial charge in [0.2, 0.25) is 0 Å². The van der Waals surface area contributed by atoms with Gasteiger partial charge in [-0.25, -0.2) is 0 Å². The van der Waals surface area contributed by atoms with Gasteiger partial charge in [-0.2, -0.15) is 0 Å². The van der Waals surface area contributed by atoms with Crippen LogP contribution in [0.1, 0.15) is 22.3 Å². The van der Waals surface area contributed by atoms with Crippen molar-refractivity contribution in [3.63, 3.8) is 0 Å². The second-order valence-electron chi connectivity index (χ2n) is 4.60. The Morgan fingerprint density at radius 1 is 1.20 bits per heavy atom. The van der Waals surface area contributed by atoms with Gasteiger partial charge in [-0.3, -0.25) is 4.98 Å². The number of hydrogen-bond acceptors (Lipinski definition) is 3. The smallest absolute Gasteiger partial charge is 0.120 e. The van der Waals surface area contributed by atoms with Crippen LogP contribution in [-0.2, 0) is 6.61 Å². The highest BCUT2D eigenvalue weighted by Gasteiger charge is 2.00. The lowest BCUT2D eigenvalue weighted by Gasteiger charge is -2.08. The summed E-state index contributed by atoms with van der Waals surface area (Å²) in [5, 5.41) is 8.70. The van der Waals surface area contributed by atoms with Crippen LogP contribution < -0.4 is 4.74 Å². The number of rotatable bonds is 3. The van der Waals surface area contributed by atoms with Crippen molar-refractivity contribution in [2.45, 2.75) is 20.5 Å². The third-order valence-corrected chi connectivity index (χ3v) is 2.84. The number of ether oxygens (including phenoxy) is 1. The minimum atomic E-state index is -0.127. The number of hydrogen-bond donors (Lipinski definition) is 1. The fourth-order valence-corrected chi connectivity index (χ4v) is 1.86. The summed E-state index contributed by atoms with van der Waals surface area (Å²) in [6.45, 7) is 4.35. The lowest BCUT2D eigenvalue weighted by molar-refractivity contribution is 0.305. The molecule has 0 aliphatic rings. The van der Waals surface area contributed by atoms with E-state index in [0.29, 0.717) is 6.61 Å². The Kier molecular flexibility index (Phi) is 4.75. The predicted molar refractivity (Wildman–Crippen MR) is 78.4 cm³/mol. The molecule has 3 heteroatoms. The molecule has 1 heterocycles. The number of benzene rings is 1. The van der Waals surface area contributed by atoms with Crippen molar-refractivity contribution < 1.29 is 9.84 Å². The highest BCUT2D eigenvalue weighted by atomic mass is 16.5. The molecule has 0 spiro atoms. The summed E-state index contributed by atoms with van der Waals surface area (Å²) in [6.07, 6.45) is 3.63. The number of aromatic nitrogens is 1. The number of aliphatic hydroxyl groups excluding tert-OH is 1. The van der Waals surface area contributed by atoms with E-state index in [0.717, 1.165) is 28.0 Å². The summed E-state index contributed by atoms with van der Waals surface area (Å²) in [5.41, 5.74) is 4.11. The van der Waals surface area contributed by atoms with Gasteiger partial charge in [0.25, 0.3) is 0 Å². The van der Waals surface area contributed by atoms with E-state index in [9.17, 15) is 0 Å². The average Bonchev–Trinajstić information content (AvgIpc) is 2.44. The molecular formula is C17H17NO2. The van der Waals surface area contributed by atoms with Gasteiger partial charge < -0.3 is 9.84 Å². The molecule has 0 aliphatic heterocycles. The maximum atomic E-state index is 8.70. The predicted octanol–water partition coefficient (Wildman–Crippen LogP) is 2.62. The van der Waals surface area contributed by atoms with Crippen molar-refractivity contribution in [2.75, 3.05) is 6.61 Å². The van der Waals surface area contributed by atoms with Gasteiger partial charge in [0.1, 0.15) is 19.0 Å². The van der Waals surface area contributed by atoms with E-state index in [2.05, 4.69) is 22.9 Å². The van der Waals surface area contributed by atoms with E-state index in [4.69, 9.17) is 9.84 Å². The Hall–Kier alpha value is -2.31. The fraction of sp³-hybridized carbons (Fsp3) is 0.235. The summed E-state index contributed by atoms with van der Waals surface area (Å²) < 4.78 is 5.75. The van der Waals surface area contributed by atoms with Crippen molar-refractivity contribution in [1.29, 1.82) is 0 Å². The van der Waals surface area contributed by atoms with Crippen LogP contribution in [0, 0.1) is 25.7 Å². The topological polar surface area (TPSA) is 42.4 Å². The van der Waals surface area contributed by atoms with E-state index >= 15 is 0 Å². The standard InChI is InChI=1S/C17H17NO2/c1-13-8-15(11-18-10-13)12-20-17-6-5-16(4-3-7-19)14(2)9-17/h5-6,8-11,19H,7,12H2,1-2H3. The Balaban J connectivity index is 2.05. The summed E-state index contributed by atoms with van der Waals surface area (Å²) >= 11 is 0. The van der Waals surface area contributed by atoms with E-state index in [1.165, 1.54) is 0 Å². The van der Waals surface area contributed by atoms with Gasteiger partial charge in [0, 0.05) is 23.5 Å². The Labute approximate surface area is 119 Å². The molecule has 0 bridgehead atoms. The average molecular weight is 267 g/mol. The molecule has 2 rings (SSSR count). The molecule has 0 atom stereocenters. The highest BCUT2D eigenvalue weighted by molar-refractivity contribution is 5.44. The van der Waals surface area contributed by atoms with Crippen LogP contribution in [-0.4, -0.2) is 16.7 Å². The quantitative estimate of drug-likeness (QED) is 0.869. The maximum Gasteiger partial charge on any atom is 0.120 e. The minimum absolute atomic E-state index is 0.127. The molecule has 1 aromatic heterocycles. The molecule has 2 aromatic rings. The van der Waals surface area contributed by atoms with Crippen molar-refractivity contribution in [3.05, 3.63) is 58.9 Å². The third-order valence-electron chi connectivity index (χ3n) is 2.84. The Morgan fingerprint density at radius 2 is 2.05 bits per heavy atom. The van der Waals surface area contributed by atoms with Crippen LogP contribution in [0.5, 0.6) is 5.75 Å². The molecule has 3 nitrogen and oxygen atoms in total. The van der Waals surface area contributed by atoms with Crippen LogP contribution in [0.2, 0.25) is 0 Å². The molecular weight excluding hydrogens is 250 g/mol. The van der Waals surface area contributed by atoms with Crippen LogP contribution in [0.3, 0.4) is 0 Å². The van der Waals surface area contributed by atoms with Gasteiger partial charge >= 0.3 is 0 Å². The van der Waals surface area contributed by atoms with Crippen LogP contribution >= 0.6 is 0 Å². The van der Waals surface area contributed by atoms with Gasteiger partial charge in [-0.15, -0.1) is 0 Å². The van der Waals surface area contributed by atoms with Gasteiger partial charge in [0.15, 0.2) is 0 Å². The summed E-state index contributed by atoms with van der Waals surface area (Å²) in [7, 11) is 0. The van der Waals surface area contributed by atoms with Crippen molar-refractivity contribution in [3.8, 4) is 17.6 Å². The third kappa shape index (κ3) is 3.84. The van der Waals surface area contributed by atoms with E-state index in [1.807, 2.05) is 38.2 Å². The van der Waals surface area contributed by atoms with E-state index in [-0.39, 0.29) is 6.61 Å². The molecule has 0 amide bonds. The maximum absolute atomic E-state index is 8.70. The first kappa shape index (κ1) is 14.1. The molecule has 0 fully saturated rings. The fourth-order valence-electron chi connectivity index (χ4n) is 1.86. The summed E-state index contributed by atoms with van der Waals surface area (Å²) in [4.78, 5) is 4.14. The van der Waals surface area contributed by atoms with E-state index in [1.54, 1.807) is 6.20 Å². The van der Waals surface area contributed by atoms with Crippen molar-refractivity contribution in [1.82, 2.24) is 4.98 Å². The first-order chi connectivity index (χ1) is 9.69. The summed E-state index contributed by atoms with van der Waals surface area (Å²) in [5.74, 6) is 6.36. The van der Waals surface area contributed by atoms with Gasteiger partial charge in [0.05, 0.1) is 0 Å². The zero-order valence-electron chi connectivity index (χ0n) is 11.7. The molecule has 0 unspecified atom stereocenters. The lowest BCUT2D eigenvalue weighted by Crippen LogP contribution is -1.97. The van der Waals surface area contributed by atoms with Crippen molar-refractivity contribution >= 4 is 0 Å². The SMILES string of the molecule is Cc1cncc(COc2ccc(C#CCO)c(C)c2)c1. The van der Waals surface area contributed by atoms with Crippen LogP contribution in [0.25, 0.3) is 0 Å². The second kappa shape index (κ2) is 6.74.